The maximum absolute atomic E-state index is 12.6. The monoisotopic (exact) mass is 375 g/mol. The number of amides is 1. The van der Waals surface area contributed by atoms with Gasteiger partial charge in [0.05, 0.1) is 0 Å². The number of ether oxygens (including phenoxy) is 1. The SMILES string of the molecule is CC1(C)OC(c2ccc(Br)cc2)N(OCc2ccccc2)C1=O. The lowest BCUT2D eigenvalue weighted by Crippen LogP contribution is -2.35. The first-order valence-corrected chi connectivity index (χ1v) is 8.20. The number of hydrogen-bond acceptors (Lipinski definition) is 3. The summed E-state index contributed by atoms with van der Waals surface area (Å²) in [6, 6.07) is 17.4. The number of carbonyl (C=O) groups excluding carboxylic acids is 1. The van der Waals surface area contributed by atoms with Crippen molar-refractivity contribution in [3.8, 4) is 0 Å². The number of hydroxylamine groups is 2. The van der Waals surface area contributed by atoms with Gasteiger partial charge in [-0.1, -0.05) is 58.4 Å². The first kappa shape index (κ1) is 16.2. The van der Waals surface area contributed by atoms with E-state index in [1.165, 1.54) is 5.06 Å². The summed E-state index contributed by atoms with van der Waals surface area (Å²) in [5.41, 5.74) is 0.966. The summed E-state index contributed by atoms with van der Waals surface area (Å²) in [6.45, 7) is 3.83. The molecule has 3 rings (SSSR count). The van der Waals surface area contributed by atoms with E-state index in [0.29, 0.717) is 6.61 Å². The predicted molar refractivity (Wildman–Crippen MR) is 90.1 cm³/mol. The fourth-order valence-corrected chi connectivity index (χ4v) is 2.69. The van der Waals surface area contributed by atoms with Gasteiger partial charge in [0.25, 0.3) is 5.91 Å². The quantitative estimate of drug-likeness (QED) is 0.802. The van der Waals surface area contributed by atoms with Crippen LogP contribution in [-0.2, 0) is 21.0 Å². The molecule has 1 atom stereocenters. The fourth-order valence-electron chi connectivity index (χ4n) is 2.42. The highest BCUT2D eigenvalue weighted by Crippen LogP contribution is 2.37. The molecule has 1 fully saturated rings. The largest absolute Gasteiger partial charge is 0.336 e. The predicted octanol–water partition coefficient (Wildman–Crippen LogP) is 4.22. The van der Waals surface area contributed by atoms with Crippen LogP contribution in [0.25, 0.3) is 0 Å². The van der Waals surface area contributed by atoms with Crippen LogP contribution in [0.3, 0.4) is 0 Å². The molecular weight excluding hydrogens is 358 g/mol. The van der Waals surface area contributed by atoms with Gasteiger partial charge in [-0.2, -0.15) is 5.06 Å². The molecule has 120 valence electrons. The molecule has 4 nitrogen and oxygen atoms in total. The number of hydrogen-bond donors (Lipinski definition) is 0. The minimum Gasteiger partial charge on any atom is -0.336 e. The van der Waals surface area contributed by atoms with Crippen LogP contribution in [0, 0.1) is 0 Å². The van der Waals surface area contributed by atoms with Crippen LogP contribution >= 0.6 is 15.9 Å². The van der Waals surface area contributed by atoms with Gasteiger partial charge in [-0.15, -0.1) is 0 Å². The van der Waals surface area contributed by atoms with Crippen LogP contribution in [0.4, 0.5) is 0 Å². The summed E-state index contributed by atoms with van der Waals surface area (Å²) in [6.07, 6.45) is -0.547. The van der Waals surface area contributed by atoms with E-state index >= 15 is 0 Å². The molecule has 0 radical (unpaired) electrons. The molecule has 1 saturated heterocycles. The molecule has 0 aliphatic carbocycles. The van der Waals surface area contributed by atoms with Gasteiger partial charge in [-0.05, 0) is 31.5 Å². The van der Waals surface area contributed by atoms with E-state index in [2.05, 4.69) is 15.9 Å². The molecule has 1 unspecified atom stereocenters. The molecule has 1 aliphatic heterocycles. The zero-order valence-corrected chi connectivity index (χ0v) is 14.6. The van der Waals surface area contributed by atoms with Gasteiger partial charge >= 0.3 is 0 Å². The Kier molecular flexibility index (Phi) is 4.53. The Morgan fingerprint density at radius 1 is 1.13 bits per heavy atom. The highest BCUT2D eigenvalue weighted by molar-refractivity contribution is 9.10. The Labute approximate surface area is 144 Å². The number of halogens is 1. The average Bonchev–Trinajstić information content (AvgIpc) is 2.77. The molecule has 1 heterocycles. The maximum Gasteiger partial charge on any atom is 0.280 e. The summed E-state index contributed by atoms with van der Waals surface area (Å²) >= 11 is 3.41. The first-order chi connectivity index (χ1) is 11.0. The Balaban J connectivity index is 1.81. The summed E-state index contributed by atoms with van der Waals surface area (Å²) in [5, 5.41) is 1.34. The van der Waals surface area contributed by atoms with Gasteiger partial charge < -0.3 is 4.74 Å². The normalized spacial score (nSPS) is 20.0. The second kappa shape index (κ2) is 6.43. The number of rotatable bonds is 4. The molecular formula is C18H18BrNO3. The van der Waals surface area contributed by atoms with E-state index in [1.807, 2.05) is 54.6 Å². The molecule has 0 aromatic heterocycles. The van der Waals surface area contributed by atoms with Crippen molar-refractivity contribution >= 4 is 21.8 Å². The van der Waals surface area contributed by atoms with Crippen LogP contribution in [0.1, 0.15) is 31.2 Å². The number of carbonyl (C=O) groups is 1. The Morgan fingerprint density at radius 3 is 2.43 bits per heavy atom. The minimum atomic E-state index is -0.908. The Hall–Kier alpha value is -1.69. The van der Waals surface area contributed by atoms with E-state index in [9.17, 15) is 4.79 Å². The Bertz CT molecular complexity index is 685. The lowest BCUT2D eigenvalue weighted by molar-refractivity contribution is -0.218. The maximum atomic E-state index is 12.6. The van der Waals surface area contributed by atoms with Crippen molar-refractivity contribution in [2.24, 2.45) is 0 Å². The van der Waals surface area contributed by atoms with Gasteiger partial charge in [0.2, 0.25) is 0 Å². The van der Waals surface area contributed by atoms with E-state index in [4.69, 9.17) is 9.57 Å². The lowest BCUT2D eigenvalue weighted by Gasteiger charge is -2.22. The molecule has 1 aliphatic rings. The van der Waals surface area contributed by atoms with Crippen molar-refractivity contribution in [3.05, 3.63) is 70.2 Å². The molecule has 0 bridgehead atoms. The van der Waals surface area contributed by atoms with Crippen molar-refractivity contribution in [1.82, 2.24) is 5.06 Å². The summed E-state index contributed by atoms with van der Waals surface area (Å²) in [5.74, 6) is -0.179. The number of nitrogens with zero attached hydrogens (tertiary/aromatic N) is 1. The third-order valence-corrected chi connectivity index (χ3v) is 4.23. The topological polar surface area (TPSA) is 38.8 Å². The standard InChI is InChI=1S/C18H18BrNO3/c1-18(2)17(21)20(22-12-13-6-4-3-5-7-13)16(23-18)14-8-10-15(19)11-9-14/h3-11,16H,12H2,1-2H3. The number of benzene rings is 2. The highest BCUT2D eigenvalue weighted by atomic mass is 79.9. The van der Waals surface area contributed by atoms with Gasteiger partial charge in [0.15, 0.2) is 6.23 Å². The van der Waals surface area contributed by atoms with Crippen molar-refractivity contribution in [2.75, 3.05) is 0 Å². The second-order valence-electron chi connectivity index (χ2n) is 5.92. The molecule has 2 aromatic carbocycles. The van der Waals surface area contributed by atoms with Gasteiger partial charge in [-0.25, -0.2) is 0 Å². The molecule has 0 saturated carbocycles. The van der Waals surface area contributed by atoms with Crippen LogP contribution in [-0.4, -0.2) is 16.6 Å². The zero-order chi connectivity index (χ0) is 16.4. The third-order valence-electron chi connectivity index (χ3n) is 3.70. The van der Waals surface area contributed by atoms with Crippen molar-refractivity contribution in [2.45, 2.75) is 32.3 Å². The van der Waals surface area contributed by atoms with Crippen molar-refractivity contribution in [1.29, 1.82) is 0 Å². The van der Waals surface area contributed by atoms with E-state index in [0.717, 1.165) is 15.6 Å². The first-order valence-electron chi connectivity index (χ1n) is 7.41. The molecule has 2 aromatic rings. The molecule has 5 heteroatoms. The summed E-state index contributed by atoms with van der Waals surface area (Å²) in [7, 11) is 0. The van der Waals surface area contributed by atoms with E-state index < -0.39 is 11.8 Å². The molecule has 0 spiro atoms. The van der Waals surface area contributed by atoms with Gasteiger partial charge in [0, 0.05) is 10.0 Å². The lowest BCUT2D eigenvalue weighted by atomic mass is 10.1. The molecule has 0 N–H and O–H groups in total. The third kappa shape index (κ3) is 3.47. The van der Waals surface area contributed by atoms with Gasteiger partial charge in [0.1, 0.15) is 12.2 Å². The zero-order valence-electron chi connectivity index (χ0n) is 13.0. The fraction of sp³-hybridized carbons (Fsp3) is 0.278. The minimum absolute atomic E-state index is 0.179. The van der Waals surface area contributed by atoms with Crippen LogP contribution in [0.15, 0.2) is 59.1 Å². The van der Waals surface area contributed by atoms with Crippen molar-refractivity contribution in [3.63, 3.8) is 0 Å². The smallest absolute Gasteiger partial charge is 0.280 e. The average molecular weight is 376 g/mol. The molecule has 23 heavy (non-hydrogen) atoms. The van der Waals surface area contributed by atoms with Crippen LogP contribution < -0.4 is 0 Å². The van der Waals surface area contributed by atoms with E-state index in [-0.39, 0.29) is 5.91 Å². The second-order valence-corrected chi connectivity index (χ2v) is 6.84. The summed E-state index contributed by atoms with van der Waals surface area (Å²) < 4.78 is 6.90. The van der Waals surface area contributed by atoms with E-state index in [1.54, 1.807) is 13.8 Å². The molecule has 1 amide bonds. The van der Waals surface area contributed by atoms with Crippen LogP contribution in [0.5, 0.6) is 0 Å². The van der Waals surface area contributed by atoms with Crippen molar-refractivity contribution < 1.29 is 14.4 Å². The summed E-state index contributed by atoms with van der Waals surface area (Å²) in [4.78, 5) is 18.3. The van der Waals surface area contributed by atoms with Gasteiger partial charge in [-0.3, -0.25) is 9.63 Å². The highest BCUT2D eigenvalue weighted by Gasteiger charge is 2.48. The van der Waals surface area contributed by atoms with Crippen LogP contribution in [0.2, 0.25) is 0 Å². The Morgan fingerprint density at radius 2 is 1.78 bits per heavy atom.